The number of para-hydroxylation sites is 1. The minimum atomic E-state index is -0.346. The fourth-order valence-electron chi connectivity index (χ4n) is 3.49. The summed E-state index contributed by atoms with van der Waals surface area (Å²) in [5.74, 6) is 0.325. The Balaban J connectivity index is 1.72. The maximum atomic E-state index is 12.3. The van der Waals surface area contributed by atoms with E-state index in [9.17, 15) is 9.59 Å². The lowest BCUT2D eigenvalue weighted by molar-refractivity contribution is -0.140. The van der Waals surface area contributed by atoms with Crippen LogP contribution in [0, 0.1) is 6.92 Å². The van der Waals surface area contributed by atoms with Gasteiger partial charge in [-0.3, -0.25) is 9.59 Å². The van der Waals surface area contributed by atoms with Crippen molar-refractivity contribution < 1.29 is 14.3 Å². The molecule has 3 aromatic rings. The molecule has 0 aliphatic carbocycles. The second kappa shape index (κ2) is 10.6. The molecule has 3 rings (SSSR count). The molecule has 0 fully saturated rings. The van der Waals surface area contributed by atoms with Gasteiger partial charge >= 0.3 is 5.97 Å². The highest BCUT2D eigenvalue weighted by molar-refractivity contribution is 5.94. The number of carbonyl (C=O) groups excluding carboxylic acids is 2. The van der Waals surface area contributed by atoms with Gasteiger partial charge in [-0.15, -0.1) is 0 Å². The molecule has 31 heavy (non-hydrogen) atoms. The zero-order chi connectivity index (χ0) is 22.2. The molecule has 0 aliphatic rings. The largest absolute Gasteiger partial charge is 0.469 e. The molecule has 6 heteroatoms. The normalized spacial score (nSPS) is 11.7. The first-order valence-corrected chi connectivity index (χ1v) is 10.6. The Morgan fingerprint density at radius 3 is 2.55 bits per heavy atom. The van der Waals surface area contributed by atoms with Crippen molar-refractivity contribution in [2.24, 2.45) is 0 Å². The molecule has 0 bridgehead atoms. The Hall–Kier alpha value is -3.41. The van der Waals surface area contributed by atoms with E-state index in [0.717, 1.165) is 40.7 Å². The van der Waals surface area contributed by atoms with Gasteiger partial charge in [-0.25, -0.2) is 4.98 Å². The van der Waals surface area contributed by atoms with E-state index in [4.69, 9.17) is 4.98 Å². The lowest BCUT2D eigenvalue weighted by Crippen LogP contribution is -2.26. The van der Waals surface area contributed by atoms with Gasteiger partial charge in [-0.1, -0.05) is 43.7 Å². The number of rotatable bonds is 9. The summed E-state index contributed by atoms with van der Waals surface area (Å²) in [5, 5.41) is 7.46. The number of methoxy groups -OCH3 is 1. The predicted octanol–water partition coefficient (Wildman–Crippen LogP) is 4.79. The van der Waals surface area contributed by atoms with E-state index in [1.807, 2.05) is 42.5 Å². The summed E-state index contributed by atoms with van der Waals surface area (Å²) in [4.78, 5) is 28.3. The zero-order valence-corrected chi connectivity index (χ0v) is 18.3. The standard InChI is InChI=1S/C25H29N3O3/c1-4-7-21(27-24-17(2)16-20-8-5-6-9-22(20)28-24)18-10-12-19(13-11-18)25(30)26-15-14-23(29)31-3/h5-6,8-13,16,21H,4,7,14-15H2,1-3H3,(H,26,30)(H,27,28)/t21-/m0/s1. The van der Waals surface area contributed by atoms with Crippen molar-refractivity contribution in [2.75, 3.05) is 19.0 Å². The number of nitrogens with zero attached hydrogens (tertiary/aromatic N) is 1. The average molecular weight is 420 g/mol. The first kappa shape index (κ1) is 22.3. The number of hydrogen-bond acceptors (Lipinski definition) is 5. The van der Waals surface area contributed by atoms with Crippen molar-refractivity contribution in [3.8, 4) is 0 Å². The SMILES string of the molecule is CCC[C@H](Nc1nc2ccccc2cc1C)c1ccc(C(=O)NCCC(=O)OC)cc1. The number of ether oxygens (including phenoxy) is 1. The predicted molar refractivity (Wildman–Crippen MR) is 123 cm³/mol. The molecule has 0 saturated carbocycles. The van der Waals surface area contributed by atoms with E-state index in [1.165, 1.54) is 7.11 Å². The highest BCUT2D eigenvalue weighted by atomic mass is 16.5. The molecule has 1 heterocycles. The molecule has 0 radical (unpaired) electrons. The lowest BCUT2D eigenvalue weighted by Gasteiger charge is -2.21. The Morgan fingerprint density at radius 2 is 1.84 bits per heavy atom. The molecule has 2 N–H and O–H groups in total. The summed E-state index contributed by atoms with van der Waals surface area (Å²) in [6.07, 6.45) is 2.11. The number of amides is 1. The van der Waals surface area contributed by atoms with Gasteiger partial charge in [-0.05, 0) is 48.7 Å². The van der Waals surface area contributed by atoms with Crippen LogP contribution in [0.25, 0.3) is 10.9 Å². The number of benzene rings is 2. The minimum Gasteiger partial charge on any atom is -0.469 e. The van der Waals surface area contributed by atoms with Gasteiger partial charge in [0.05, 0.1) is 25.1 Å². The molecular weight excluding hydrogens is 390 g/mol. The van der Waals surface area contributed by atoms with Crippen molar-refractivity contribution in [2.45, 2.75) is 39.2 Å². The maximum absolute atomic E-state index is 12.3. The van der Waals surface area contributed by atoms with Crippen LogP contribution in [0.2, 0.25) is 0 Å². The van der Waals surface area contributed by atoms with E-state index in [0.29, 0.717) is 5.56 Å². The molecule has 1 atom stereocenters. The first-order valence-electron chi connectivity index (χ1n) is 10.6. The third-order valence-electron chi connectivity index (χ3n) is 5.22. The van der Waals surface area contributed by atoms with E-state index < -0.39 is 0 Å². The smallest absolute Gasteiger partial charge is 0.307 e. The van der Waals surface area contributed by atoms with Crippen LogP contribution >= 0.6 is 0 Å². The molecule has 1 amide bonds. The number of hydrogen-bond donors (Lipinski definition) is 2. The van der Waals surface area contributed by atoms with Gasteiger partial charge in [0.2, 0.25) is 0 Å². The monoisotopic (exact) mass is 419 g/mol. The minimum absolute atomic E-state index is 0.0915. The second-order valence-corrected chi connectivity index (χ2v) is 7.54. The fraction of sp³-hybridized carbons (Fsp3) is 0.320. The Morgan fingerprint density at radius 1 is 1.10 bits per heavy atom. The van der Waals surface area contributed by atoms with Crippen LogP contribution in [0.5, 0.6) is 0 Å². The first-order chi connectivity index (χ1) is 15.0. The number of carbonyl (C=O) groups is 2. The number of fused-ring (bicyclic) bond motifs is 1. The van der Waals surface area contributed by atoms with Crippen LogP contribution in [0.4, 0.5) is 5.82 Å². The van der Waals surface area contributed by atoms with Crippen molar-refractivity contribution >= 4 is 28.6 Å². The fourth-order valence-corrected chi connectivity index (χ4v) is 3.49. The number of nitrogens with one attached hydrogen (secondary N) is 2. The quantitative estimate of drug-likeness (QED) is 0.488. The highest BCUT2D eigenvalue weighted by Crippen LogP contribution is 2.27. The summed E-state index contributed by atoms with van der Waals surface area (Å²) in [7, 11) is 1.33. The second-order valence-electron chi connectivity index (χ2n) is 7.54. The van der Waals surface area contributed by atoms with Gasteiger partial charge in [-0.2, -0.15) is 0 Å². The number of aromatic nitrogens is 1. The molecule has 6 nitrogen and oxygen atoms in total. The molecule has 0 unspecified atom stereocenters. The van der Waals surface area contributed by atoms with Gasteiger partial charge in [0.25, 0.3) is 5.91 Å². The summed E-state index contributed by atoms with van der Waals surface area (Å²) in [5.41, 5.74) is 3.72. The van der Waals surface area contributed by atoms with Gasteiger partial charge in [0, 0.05) is 17.5 Å². The summed E-state index contributed by atoms with van der Waals surface area (Å²) in [6.45, 7) is 4.46. The van der Waals surface area contributed by atoms with Crippen molar-refractivity contribution in [1.29, 1.82) is 0 Å². The molecule has 1 aromatic heterocycles. The molecule has 2 aromatic carbocycles. The van der Waals surface area contributed by atoms with Crippen LogP contribution in [0.15, 0.2) is 54.6 Å². The summed E-state index contributed by atoms with van der Waals surface area (Å²) in [6, 6.07) is 17.9. The van der Waals surface area contributed by atoms with E-state index >= 15 is 0 Å². The topological polar surface area (TPSA) is 80.3 Å². The number of pyridine rings is 1. The lowest BCUT2D eigenvalue weighted by atomic mass is 10.00. The summed E-state index contributed by atoms with van der Waals surface area (Å²) < 4.78 is 4.58. The number of esters is 1. The van der Waals surface area contributed by atoms with Crippen molar-refractivity contribution in [3.05, 3.63) is 71.3 Å². The van der Waals surface area contributed by atoms with Gasteiger partial charge in [0.15, 0.2) is 0 Å². The van der Waals surface area contributed by atoms with Crippen LogP contribution in [-0.4, -0.2) is 30.5 Å². The molecule has 0 saturated heterocycles. The highest BCUT2D eigenvalue weighted by Gasteiger charge is 2.14. The van der Waals surface area contributed by atoms with Crippen molar-refractivity contribution in [1.82, 2.24) is 10.3 Å². The van der Waals surface area contributed by atoms with Gasteiger partial charge in [0.1, 0.15) is 5.82 Å². The van der Waals surface area contributed by atoms with Crippen LogP contribution in [0.3, 0.4) is 0 Å². The molecular formula is C25H29N3O3. The van der Waals surface area contributed by atoms with E-state index in [-0.39, 0.29) is 30.9 Å². The van der Waals surface area contributed by atoms with Crippen molar-refractivity contribution in [3.63, 3.8) is 0 Å². The number of aryl methyl sites for hydroxylation is 1. The average Bonchev–Trinajstić information content (AvgIpc) is 2.79. The van der Waals surface area contributed by atoms with Crippen LogP contribution in [0.1, 0.15) is 53.7 Å². The third kappa shape index (κ3) is 5.81. The Bertz CT molecular complexity index is 1050. The van der Waals surface area contributed by atoms with E-state index in [2.05, 4.69) is 41.4 Å². The van der Waals surface area contributed by atoms with Crippen LogP contribution < -0.4 is 10.6 Å². The van der Waals surface area contributed by atoms with E-state index in [1.54, 1.807) is 0 Å². The Kier molecular flexibility index (Phi) is 7.60. The zero-order valence-electron chi connectivity index (χ0n) is 18.3. The molecule has 0 aliphatic heterocycles. The summed E-state index contributed by atoms with van der Waals surface area (Å²) >= 11 is 0. The van der Waals surface area contributed by atoms with Crippen LogP contribution in [-0.2, 0) is 9.53 Å². The maximum Gasteiger partial charge on any atom is 0.307 e. The number of anilines is 1. The molecule has 162 valence electrons. The Labute approximate surface area is 183 Å². The third-order valence-corrected chi connectivity index (χ3v) is 5.22. The van der Waals surface area contributed by atoms with Gasteiger partial charge < -0.3 is 15.4 Å². The molecule has 0 spiro atoms.